The molecule has 1 aliphatic rings. The summed E-state index contributed by atoms with van der Waals surface area (Å²) in [6, 6.07) is 6.02. The van der Waals surface area contributed by atoms with Crippen molar-refractivity contribution in [3.05, 3.63) is 51.8 Å². The van der Waals surface area contributed by atoms with E-state index in [0.29, 0.717) is 11.4 Å². The van der Waals surface area contributed by atoms with Crippen molar-refractivity contribution in [1.82, 2.24) is 9.78 Å². The highest BCUT2D eigenvalue weighted by Gasteiger charge is 2.33. The Morgan fingerprint density at radius 1 is 1.45 bits per heavy atom. The van der Waals surface area contributed by atoms with Crippen LogP contribution in [0.3, 0.4) is 0 Å². The highest BCUT2D eigenvalue weighted by Crippen LogP contribution is 2.42. The van der Waals surface area contributed by atoms with Gasteiger partial charge in [0.2, 0.25) is 0 Å². The Morgan fingerprint density at radius 2 is 2.20 bits per heavy atom. The minimum absolute atomic E-state index is 0.0448. The van der Waals surface area contributed by atoms with Crippen LogP contribution in [0.25, 0.3) is 5.69 Å². The first-order valence-corrected chi connectivity index (χ1v) is 6.14. The summed E-state index contributed by atoms with van der Waals surface area (Å²) >= 11 is 0. The van der Waals surface area contributed by atoms with Gasteiger partial charge in [0.25, 0.3) is 5.69 Å². The molecule has 102 valence electrons. The van der Waals surface area contributed by atoms with Crippen LogP contribution in [-0.2, 0) is 0 Å². The zero-order valence-corrected chi connectivity index (χ0v) is 10.4. The summed E-state index contributed by atoms with van der Waals surface area (Å²) in [5.41, 5.74) is 1.25. The van der Waals surface area contributed by atoms with Gasteiger partial charge in [-0.1, -0.05) is 6.07 Å². The van der Waals surface area contributed by atoms with Crippen molar-refractivity contribution in [3.8, 4) is 5.69 Å². The molecule has 1 heterocycles. The number of hydrogen-bond acceptors (Lipinski definition) is 4. The minimum atomic E-state index is -1.02. The van der Waals surface area contributed by atoms with Crippen molar-refractivity contribution in [1.29, 1.82) is 0 Å². The lowest BCUT2D eigenvalue weighted by molar-refractivity contribution is -0.384. The van der Waals surface area contributed by atoms with E-state index in [9.17, 15) is 20.0 Å². The number of aromatic carboxylic acids is 1. The molecule has 0 spiro atoms. The van der Waals surface area contributed by atoms with E-state index >= 15 is 0 Å². The molecule has 0 amide bonds. The van der Waals surface area contributed by atoms with Crippen molar-refractivity contribution in [2.75, 3.05) is 0 Å². The number of hydrogen-bond donors (Lipinski definition) is 1. The lowest BCUT2D eigenvalue weighted by atomic mass is 10.1. The molecule has 1 saturated carbocycles. The van der Waals surface area contributed by atoms with Gasteiger partial charge >= 0.3 is 5.97 Å². The Hall–Kier alpha value is -2.70. The predicted molar refractivity (Wildman–Crippen MR) is 69.2 cm³/mol. The van der Waals surface area contributed by atoms with Gasteiger partial charge in [-0.3, -0.25) is 10.1 Å². The number of carboxylic acid groups (broad SMARTS) is 1. The van der Waals surface area contributed by atoms with E-state index in [-0.39, 0.29) is 17.2 Å². The van der Waals surface area contributed by atoms with Gasteiger partial charge in [-0.15, -0.1) is 0 Å². The van der Waals surface area contributed by atoms with Crippen LogP contribution in [0.5, 0.6) is 0 Å². The fourth-order valence-electron chi connectivity index (χ4n) is 2.22. The lowest BCUT2D eigenvalue weighted by Gasteiger charge is -2.07. The summed E-state index contributed by atoms with van der Waals surface area (Å²) in [4.78, 5) is 21.5. The Bertz CT molecular complexity index is 703. The molecular formula is C13H11N3O4. The Morgan fingerprint density at radius 3 is 2.80 bits per heavy atom. The molecule has 0 radical (unpaired) electrons. The normalized spacial score (nSPS) is 14.2. The molecule has 0 saturated heterocycles. The van der Waals surface area contributed by atoms with E-state index in [2.05, 4.69) is 5.10 Å². The largest absolute Gasteiger partial charge is 0.478 e. The molecule has 1 N–H and O–H groups in total. The molecule has 1 fully saturated rings. The highest BCUT2D eigenvalue weighted by atomic mass is 16.6. The third kappa shape index (κ3) is 2.03. The topological polar surface area (TPSA) is 98.3 Å². The first kappa shape index (κ1) is 12.3. The second-order valence-electron chi connectivity index (χ2n) is 4.71. The number of benzene rings is 1. The Kier molecular flexibility index (Phi) is 2.74. The number of nitro groups is 1. The molecule has 0 bridgehead atoms. The van der Waals surface area contributed by atoms with Gasteiger partial charge in [-0.25, -0.2) is 9.48 Å². The molecule has 1 aromatic heterocycles. The van der Waals surface area contributed by atoms with Crippen LogP contribution in [0, 0.1) is 10.1 Å². The smallest absolute Gasteiger partial charge is 0.339 e. The Labute approximate surface area is 113 Å². The van der Waals surface area contributed by atoms with Gasteiger partial charge in [0, 0.05) is 18.1 Å². The van der Waals surface area contributed by atoms with Gasteiger partial charge in [-0.05, 0) is 18.9 Å². The third-order valence-corrected chi connectivity index (χ3v) is 3.29. The zero-order valence-electron chi connectivity index (χ0n) is 10.4. The average molecular weight is 273 g/mol. The maximum absolute atomic E-state index is 11.2. The number of carbonyl (C=O) groups is 1. The second kappa shape index (κ2) is 4.44. The van der Waals surface area contributed by atoms with Crippen LogP contribution in [0.2, 0.25) is 0 Å². The summed E-state index contributed by atoms with van der Waals surface area (Å²) in [5.74, 6) is -0.855. The number of rotatable bonds is 4. The van der Waals surface area contributed by atoms with E-state index in [1.165, 1.54) is 23.0 Å². The van der Waals surface area contributed by atoms with Crippen molar-refractivity contribution < 1.29 is 14.8 Å². The maximum atomic E-state index is 11.2. The lowest BCUT2D eigenvalue weighted by Crippen LogP contribution is -2.05. The fraction of sp³-hybridized carbons (Fsp3) is 0.231. The van der Waals surface area contributed by atoms with Crippen LogP contribution in [-0.4, -0.2) is 25.8 Å². The standard InChI is InChI=1S/C13H11N3O4/c17-13(18)11-7-14-15(12(11)8-4-5-8)9-2-1-3-10(6-9)16(19)20/h1-3,6-8H,4-5H2,(H,17,18). The van der Waals surface area contributed by atoms with Crippen molar-refractivity contribution in [2.24, 2.45) is 0 Å². The Balaban J connectivity index is 2.12. The van der Waals surface area contributed by atoms with Crippen molar-refractivity contribution in [2.45, 2.75) is 18.8 Å². The molecule has 1 aromatic carbocycles. The van der Waals surface area contributed by atoms with Crippen LogP contribution in [0.15, 0.2) is 30.5 Å². The molecule has 7 nitrogen and oxygen atoms in total. The number of nitrogens with zero attached hydrogens (tertiary/aromatic N) is 3. The summed E-state index contributed by atoms with van der Waals surface area (Å²) in [6.45, 7) is 0. The third-order valence-electron chi connectivity index (χ3n) is 3.29. The fourth-order valence-corrected chi connectivity index (χ4v) is 2.22. The van der Waals surface area contributed by atoms with Crippen LogP contribution in [0.1, 0.15) is 34.8 Å². The molecule has 0 unspecified atom stereocenters. The van der Waals surface area contributed by atoms with Crippen molar-refractivity contribution in [3.63, 3.8) is 0 Å². The minimum Gasteiger partial charge on any atom is -0.478 e. The number of aromatic nitrogens is 2. The van der Waals surface area contributed by atoms with Crippen molar-refractivity contribution >= 4 is 11.7 Å². The SMILES string of the molecule is O=C(O)c1cnn(-c2cccc([N+](=O)[O-])c2)c1C1CC1. The van der Waals surface area contributed by atoms with E-state index in [1.807, 2.05) is 0 Å². The molecule has 2 aromatic rings. The predicted octanol–water partition coefficient (Wildman–Crippen LogP) is 2.36. The molecule has 0 aliphatic heterocycles. The second-order valence-corrected chi connectivity index (χ2v) is 4.71. The van der Waals surface area contributed by atoms with E-state index < -0.39 is 10.9 Å². The van der Waals surface area contributed by atoms with E-state index in [4.69, 9.17) is 0 Å². The maximum Gasteiger partial charge on any atom is 0.339 e. The molecule has 0 atom stereocenters. The van der Waals surface area contributed by atoms with Gasteiger partial charge in [0.15, 0.2) is 0 Å². The molecular weight excluding hydrogens is 262 g/mol. The summed E-state index contributed by atoms with van der Waals surface area (Å²) in [6.07, 6.45) is 3.14. The van der Waals surface area contributed by atoms with Gasteiger partial charge < -0.3 is 5.11 Å². The quantitative estimate of drug-likeness (QED) is 0.681. The van der Waals surface area contributed by atoms with Crippen LogP contribution in [0.4, 0.5) is 5.69 Å². The molecule has 20 heavy (non-hydrogen) atoms. The zero-order chi connectivity index (χ0) is 14.3. The van der Waals surface area contributed by atoms with E-state index in [0.717, 1.165) is 12.8 Å². The van der Waals surface area contributed by atoms with Crippen LogP contribution < -0.4 is 0 Å². The summed E-state index contributed by atoms with van der Waals surface area (Å²) in [5, 5.41) is 24.1. The number of non-ortho nitro benzene ring substituents is 1. The molecule has 3 rings (SSSR count). The monoisotopic (exact) mass is 273 g/mol. The molecule has 7 heteroatoms. The highest BCUT2D eigenvalue weighted by molar-refractivity contribution is 5.89. The van der Waals surface area contributed by atoms with Gasteiger partial charge in [-0.2, -0.15) is 5.10 Å². The first-order valence-electron chi connectivity index (χ1n) is 6.14. The van der Waals surface area contributed by atoms with Crippen LogP contribution >= 0.6 is 0 Å². The summed E-state index contributed by atoms with van der Waals surface area (Å²) in [7, 11) is 0. The number of nitro benzene ring substituents is 1. The average Bonchev–Trinajstić information content (AvgIpc) is 3.16. The summed E-state index contributed by atoms with van der Waals surface area (Å²) < 4.78 is 1.49. The molecule has 1 aliphatic carbocycles. The first-order chi connectivity index (χ1) is 9.58. The number of carboxylic acids is 1. The van der Waals surface area contributed by atoms with E-state index in [1.54, 1.807) is 12.1 Å². The van der Waals surface area contributed by atoms with Gasteiger partial charge in [0.05, 0.1) is 22.5 Å². The van der Waals surface area contributed by atoms with Gasteiger partial charge in [0.1, 0.15) is 5.56 Å².